The van der Waals surface area contributed by atoms with E-state index in [4.69, 9.17) is 4.74 Å². The lowest BCUT2D eigenvalue weighted by atomic mass is 9.91. The highest BCUT2D eigenvalue weighted by Crippen LogP contribution is 2.40. The summed E-state index contributed by atoms with van der Waals surface area (Å²) >= 11 is 1.20. The molecule has 0 heterocycles. The quantitative estimate of drug-likeness (QED) is 0.0541. The lowest BCUT2D eigenvalue weighted by molar-refractivity contribution is 0.0978. The van der Waals surface area contributed by atoms with Crippen molar-refractivity contribution in [2.75, 3.05) is 6.61 Å². The van der Waals surface area contributed by atoms with Crippen LogP contribution in [-0.4, -0.2) is 35.6 Å². The van der Waals surface area contributed by atoms with Crippen LogP contribution < -0.4 is 4.74 Å². The third-order valence-corrected chi connectivity index (χ3v) is 10.1. The Morgan fingerprint density at radius 3 is 2.23 bits per heavy atom. The Morgan fingerprint density at radius 1 is 0.809 bits per heavy atom. The van der Waals surface area contributed by atoms with Crippen LogP contribution in [-0.2, 0) is 10.1 Å². The van der Waals surface area contributed by atoms with Crippen molar-refractivity contribution < 1.29 is 32.7 Å². The molecule has 0 fully saturated rings. The lowest BCUT2D eigenvalue weighted by Crippen LogP contribution is -2.06. The van der Waals surface area contributed by atoms with Gasteiger partial charge in [0.15, 0.2) is 5.78 Å². The van der Waals surface area contributed by atoms with E-state index >= 15 is 0 Å². The SMILES string of the molecule is CCCCCCCCC(=O)c1ccc(O)c(C(O)c2ccccc2-c2ccc(Sc3ccc(OCCCC)cc3)c(S(=O)(=O)O)c2)c1. The smallest absolute Gasteiger partial charge is 0.295 e. The van der Waals surface area contributed by atoms with Crippen molar-refractivity contribution in [2.24, 2.45) is 0 Å². The lowest BCUT2D eigenvalue weighted by Gasteiger charge is -2.19. The Bertz CT molecular complexity index is 1730. The van der Waals surface area contributed by atoms with E-state index in [2.05, 4.69) is 13.8 Å². The third kappa shape index (κ3) is 10.2. The second-order valence-corrected chi connectivity index (χ2v) is 14.1. The Labute approximate surface area is 282 Å². The van der Waals surface area contributed by atoms with Crippen molar-refractivity contribution in [3.05, 3.63) is 102 Å². The maximum atomic E-state index is 13.0. The van der Waals surface area contributed by atoms with Gasteiger partial charge < -0.3 is 14.9 Å². The second-order valence-electron chi connectivity index (χ2n) is 11.6. The number of aliphatic hydroxyl groups excluding tert-OH is 1. The van der Waals surface area contributed by atoms with Crippen molar-refractivity contribution in [1.82, 2.24) is 0 Å². The van der Waals surface area contributed by atoms with Crippen LogP contribution >= 0.6 is 11.8 Å². The average molecular weight is 677 g/mol. The van der Waals surface area contributed by atoms with Gasteiger partial charge in [-0.05, 0) is 84.1 Å². The van der Waals surface area contributed by atoms with Gasteiger partial charge in [0.1, 0.15) is 22.5 Å². The molecule has 9 heteroatoms. The molecule has 47 heavy (non-hydrogen) atoms. The van der Waals surface area contributed by atoms with Gasteiger partial charge in [-0.3, -0.25) is 9.35 Å². The van der Waals surface area contributed by atoms with Gasteiger partial charge in [-0.2, -0.15) is 8.42 Å². The largest absolute Gasteiger partial charge is 0.508 e. The number of ketones is 1. The molecule has 0 saturated carbocycles. The summed E-state index contributed by atoms with van der Waals surface area (Å²) in [6.07, 6.45) is 7.44. The van der Waals surface area contributed by atoms with Gasteiger partial charge in [0.25, 0.3) is 10.1 Å². The first-order valence-electron chi connectivity index (χ1n) is 16.3. The zero-order valence-electron chi connectivity index (χ0n) is 27.0. The first kappa shape index (κ1) is 36.2. The number of phenols is 1. The number of Topliss-reactive ketones (excluding diaryl/α,β-unsaturated/α-hetero) is 1. The molecule has 3 N–H and O–H groups in total. The fourth-order valence-electron chi connectivity index (χ4n) is 5.35. The first-order chi connectivity index (χ1) is 22.6. The third-order valence-electron chi connectivity index (χ3n) is 8.01. The average Bonchev–Trinajstić information content (AvgIpc) is 3.06. The van der Waals surface area contributed by atoms with E-state index in [-0.39, 0.29) is 22.0 Å². The number of rotatable bonds is 18. The van der Waals surface area contributed by atoms with Crippen LogP contribution in [0.5, 0.6) is 11.5 Å². The molecule has 0 spiro atoms. The Morgan fingerprint density at radius 2 is 1.51 bits per heavy atom. The molecule has 0 aliphatic carbocycles. The summed E-state index contributed by atoms with van der Waals surface area (Å²) in [5.41, 5.74) is 1.96. The Hall–Kier alpha value is -3.63. The molecular weight excluding hydrogens is 633 g/mol. The molecule has 4 aromatic rings. The summed E-state index contributed by atoms with van der Waals surface area (Å²) < 4.78 is 41.0. The molecule has 0 saturated heterocycles. The van der Waals surface area contributed by atoms with Crippen molar-refractivity contribution >= 4 is 27.7 Å². The normalized spacial score (nSPS) is 12.2. The van der Waals surface area contributed by atoms with E-state index in [0.29, 0.717) is 40.2 Å². The number of hydrogen-bond acceptors (Lipinski definition) is 7. The van der Waals surface area contributed by atoms with Crippen molar-refractivity contribution in [3.8, 4) is 22.6 Å². The number of hydrogen-bond donors (Lipinski definition) is 3. The van der Waals surface area contributed by atoms with E-state index < -0.39 is 16.2 Å². The van der Waals surface area contributed by atoms with Crippen molar-refractivity contribution in [3.63, 3.8) is 0 Å². The molecule has 0 aliphatic heterocycles. The van der Waals surface area contributed by atoms with Gasteiger partial charge in [-0.15, -0.1) is 0 Å². The number of aliphatic hydroxyl groups is 1. The molecular formula is C38H44O7S2. The molecule has 4 aromatic carbocycles. The molecule has 250 valence electrons. The van der Waals surface area contributed by atoms with E-state index in [0.717, 1.165) is 55.6 Å². The number of aromatic hydroxyl groups is 1. The zero-order chi connectivity index (χ0) is 33.8. The van der Waals surface area contributed by atoms with Crippen molar-refractivity contribution in [2.45, 2.75) is 92.4 Å². The van der Waals surface area contributed by atoms with Gasteiger partial charge >= 0.3 is 0 Å². The molecule has 0 aliphatic rings. The predicted molar refractivity (Wildman–Crippen MR) is 187 cm³/mol. The highest BCUT2D eigenvalue weighted by molar-refractivity contribution is 8.00. The van der Waals surface area contributed by atoms with Crippen LogP contribution in [0.3, 0.4) is 0 Å². The Balaban J connectivity index is 1.58. The number of carbonyl (C=O) groups is 1. The highest BCUT2D eigenvalue weighted by Gasteiger charge is 2.23. The molecule has 0 aromatic heterocycles. The maximum absolute atomic E-state index is 13.0. The summed E-state index contributed by atoms with van der Waals surface area (Å²) in [5, 5.41) is 22.2. The second kappa shape index (κ2) is 17.5. The summed E-state index contributed by atoms with van der Waals surface area (Å²) in [6.45, 7) is 4.88. The summed E-state index contributed by atoms with van der Waals surface area (Å²) in [6, 6.07) is 23.5. The first-order valence-corrected chi connectivity index (χ1v) is 18.5. The monoisotopic (exact) mass is 676 g/mol. The molecule has 0 amide bonds. The minimum Gasteiger partial charge on any atom is -0.508 e. The number of unbranched alkanes of at least 4 members (excludes halogenated alkanes) is 6. The molecule has 4 rings (SSSR count). The fraction of sp³-hybridized carbons (Fsp3) is 0.342. The van der Waals surface area contributed by atoms with Crippen molar-refractivity contribution in [1.29, 1.82) is 0 Å². The van der Waals surface area contributed by atoms with E-state index in [9.17, 15) is 28.0 Å². The molecule has 7 nitrogen and oxygen atoms in total. The highest BCUT2D eigenvalue weighted by atomic mass is 32.2. The Kier molecular flexibility index (Phi) is 13.5. The topological polar surface area (TPSA) is 121 Å². The zero-order valence-corrected chi connectivity index (χ0v) is 28.7. The molecule has 1 unspecified atom stereocenters. The minimum absolute atomic E-state index is 0.0493. The predicted octanol–water partition coefficient (Wildman–Crippen LogP) is 9.65. The molecule has 1 atom stereocenters. The molecule has 0 radical (unpaired) electrons. The number of carbonyl (C=O) groups excluding carboxylic acids is 1. The molecule has 0 bridgehead atoms. The van der Waals surface area contributed by atoms with Crippen LogP contribution in [0.1, 0.15) is 99.2 Å². The number of phenolic OH excluding ortho intramolecular Hbond substituents is 1. The summed E-state index contributed by atoms with van der Waals surface area (Å²) in [7, 11) is -4.61. The van der Waals surface area contributed by atoms with E-state index in [1.165, 1.54) is 36.4 Å². The maximum Gasteiger partial charge on any atom is 0.295 e. The van der Waals surface area contributed by atoms with Gasteiger partial charge in [-0.1, -0.05) is 94.5 Å². The van der Waals surface area contributed by atoms with Gasteiger partial charge in [0.05, 0.1) is 6.61 Å². The van der Waals surface area contributed by atoms with Crippen LogP contribution in [0.2, 0.25) is 0 Å². The fourth-order valence-corrected chi connectivity index (χ4v) is 7.21. The summed E-state index contributed by atoms with van der Waals surface area (Å²) in [5.74, 6) is 0.518. The van der Waals surface area contributed by atoms with E-state index in [1.54, 1.807) is 42.5 Å². The van der Waals surface area contributed by atoms with Crippen LogP contribution in [0.15, 0.2) is 99.6 Å². The van der Waals surface area contributed by atoms with Crippen LogP contribution in [0, 0.1) is 0 Å². The van der Waals surface area contributed by atoms with Crippen LogP contribution in [0.25, 0.3) is 11.1 Å². The van der Waals surface area contributed by atoms with Crippen LogP contribution in [0.4, 0.5) is 0 Å². The minimum atomic E-state index is -4.61. The number of benzene rings is 4. The van der Waals surface area contributed by atoms with Gasteiger partial charge in [0, 0.05) is 27.3 Å². The number of ether oxygens (including phenoxy) is 1. The van der Waals surface area contributed by atoms with Gasteiger partial charge in [-0.25, -0.2) is 0 Å². The summed E-state index contributed by atoms with van der Waals surface area (Å²) in [4.78, 5) is 13.8. The van der Waals surface area contributed by atoms with Gasteiger partial charge in [0.2, 0.25) is 0 Å². The standard InChI is InChI=1S/C38H44O7S2/c1-3-5-7-8-9-10-15-34(39)28-16-22-35(40)33(25-28)38(41)32-14-12-11-13-31(32)27-17-23-36(37(26-27)47(42,43)44)46-30-20-18-29(19-21-30)45-24-6-4-2/h11-14,16-23,25-26,38,40-41H,3-10,15,24H2,1-2H3,(H,42,43,44). The van der Waals surface area contributed by atoms with E-state index in [1.807, 2.05) is 24.3 Å².